The number of aromatic nitrogens is 2. The van der Waals surface area contributed by atoms with Crippen molar-refractivity contribution in [3.05, 3.63) is 137 Å². The highest BCUT2D eigenvalue weighted by Crippen LogP contribution is 2.23. The molecule has 2 aromatic carbocycles. The Bertz CT molecular complexity index is 1150. The van der Waals surface area contributed by atoms with Crippen LogP contribution in [0.15, 0.2) is 109 Å². The van der Waals surface area contributed by atoms with Crippen LogP contribution in [0.25, 0.3) is 0 Å². The van der Waals surface area contributed by atoms with Crippen molar-refractivity contribution < 1.29 is 9.53 Å². The smallest absolute Gasteiger partial charge is 0.263 e. The predicted molar refractivity (Wildman–Crippen MR) is 136 cm³/mol. The molecule has 6 nitrogen and oxygen atoms in total. The Morgan fingerprint density at radius 3 is 2.29 bits per heavy atom. The fourth-order valence-electron chi connectivity index (χ4n) is 3.14. The predicted octanol–water partition coefficient (Wildman–Crippen LogP) is 5.28. The topological polar surface area (TPSA) is 84.1 Å². The van der Waals surface area contributed by atoms with Gasteiger partial charge in [0.25, 0.3) is 11.5 Å². The Labute approximate surface area is 200 Å². The molecule has 6 heteroatoms. The van der Waals surface area contributed by atoms with Crippen molar-refractivity contribution in [1.82, 2.24) is 15.3 Å². The summed E-state index contributed by atoms with van der Waals surface area (Å²) in [6.07, 6.45) is 6.30. The van der Waals surface area contributed by atoms with E-state index >= 15 is 0 Å². The van der Waals surface area contributed by atoms with Gasteiger partial charge in [-0.25, -0.2) is 4.98 Å². The zero-order valence-corrected chi connectivity index (χ0v) is 19.7. The molecule has 0 aliphatic carbocycles. The Balaban J connectivity index is 0.00000199. The van der Waals surface area contributed by atoms with Crippen LogP contribution in [0.4, 0.5) is 0 Å². The van der Waals surface area contributed by atoms with Gasteiger partial charge in [0.2, 0.25) is 0 Å². The molecule has 2 N–H and O–H groups in total. The lowest BCUT2D eigenvalue weighted by Crippen LogP contribution is -2.34. The van der Waals surface area contributed by atoms with E-state index < -0.39 is 17.5 Å². The number of rotatable bonds is 10. The number of nitrogens with one attached hydrogen (secondary N) is 2. The molecule has 0 radical (unpaired) electrons. The number of ether oxygens (including phenoxy) is 1. The van der Waals surface area contributed by atoms with E-state index in [-0.39, 0.29) is 12.2 Å². The third kappa shape index (κ3) is 7.53. The first-order chi connectivity index (χ1) is 16.6. The lowest BCUT2D eigenvalue weighted by Gasteiger charge is -2.20. The molecule has 0 saturated heterocycles. The van der Waals surface area contributed by atoms with Crippen LogP contribution in [0, 0.1) is 0 Å². The largest absolute Gasteiger partial charge is 0.369 e. The van der Waals surface area contributed by atoms with Crippen molar-refractivity contribution in [2.24, 2.45) is 0 Å². The monoisotopic (exact) mass is 457 g/mol. The Kier molecular flexibility index (Phi) is 10.9. The number of H-pyrrole nitrogens is 1. The highest BCUT2D eigenvalue weighted by molar-refractivity contribution is 5.94. The van der Waals surface area contributed by atoms with E-state index in [0.717, 1.165) is 16.7 Å². The van der Waals surface area contributed by atoms with E-state index in [0.29, 0.717) is 12.4 Å². The second-order valence-electron chi connectivity index (χ2n) is 6.97. The third-order valence-electron chi connectivity index (χ3n) is 4.73. The number of aromatic amines is 1. The van der Waals surface area contributed by atoms with E-state index in [4.69, 9.17) is 4.74 Å². The molecule has 0 aliphatic heterocycles. The summed E-state index contributed by atoms with van der Waals surface area (Å²) >= 11 is 0. The third-order valence-corrected chi connectivity index (χ3v) is 4.73. The number of hydrogen-bond acceptors (Lipinski definition) is 4. The van der Waals surface area contributed by atoms with E-state index in [1.807, 2.05) is 74.5 Å². The summed E-state index contributed by atoms with van der Waals surface area (Å²) in [5.41, 5.74) is 2.00. The standard InChI is InChI=1S/C26H25N3O3.C2H6/c1-3-11-20(4-2)24(21-14-9-6-10-15-21)29-26(31)22-16-27-23(28-25(22)30)18-32-17-19-12-7-5-8-13-19;1-2/h3-16,24H,1-2,17-18H2,(H,29,31)(H,27,28,30);1-2H3/b20-11+;. The van der Waals surface area contributed by atoms with E-state index in [9.17, 15) is 9.59 Å². The van der Waals surface area contributed by atoms with Gasteiger partial charge in [-0.1, -0.05) is 106 Å². The molecule has 0 spiro atoms. The Hall–Kier alpha value is -4.03. The van der Waals surface area contributed by atoms with Crippen LogP contribution in [0.1, 0.15) is 47.2 Å². The van der Waals surface area contributed by atoms with Crippen molar-refractivity contribution in [2.45, 2.75) is 33.1 Å². The van der Waals surface area contributed by atoms with Gasteiger partial charge in [0.1, 0.15) is 18.0 Å². The highest BCUT2D eigenvalue weighted by atomic mass is 16.5. The van der Waals surface area contributed by atoms with Gasteiger partial charge in [-0.2, -0.15) is 0 Å². The fourth-order valence-corrected chi connectivity index (χ4v) is 3.14. The molecule has 0 fully saturated rings. The quantitative estimate of drug-likeness (QED) is 0.406. The zero-order valence-electron chi connectivity index (χ0n) is 19.7. The normalized spacial score (nSPS) is 11.5. The average Bonchev–Trinajstić information content (AvgIpc) is 2.88. The average molecular weight is 458 g/mol. The zero-order chi connectivity index (χ0) is 24.8. The highest BCUT2D eigenvalue weighted by Gasteiger charge is 2.20. The lowest BCUT2D eigenvalue weighted by atomic mass is 9.97. The molecule has 0 bridgehead atoms. The first-order valence-corrected chi connectivity index (χ1v) is 11.1. The van der Waals surface area contributed by atoms with Crippen LogP contribution in [0.5, 0.6) is 0 Å². The molecule has 0 aliphatic rings. The molecule has 3 aromatic rings. The fraction of sp³-hybridized carbons (Fsp3) is 0.179. The van der Waals surface area contributed by atoms with Gasteiger partial charge in [0.15, 0.2) is 0 Å². The van der Waals surface area contributed by atoms with Crippen molar-refractivity contribution in [3.63, 3.8) is 0 Å². The number of carbonyl (C=O) groups excluding carboxylic acids is 1. The molecular formula is C28H31N3O3. The first kappa shape index (κ1) is 26.2. The van der Waals surface area contributed by atoms with Crippen molar-refractivity contribution in [1.29, 1.82) is 0 Å². The summed E-state index contributed by atoms with van der Waals surface area (Å²) in [5, 5.41) is 2.89. The first-order valence-electron chi connectivity index (χ1n) is 11.1. The van der Waals surface area contributed by atoms with Crippen LogP contribution in [-0.2, 0) is 18.0 Å². The maximum atomic E-state index is 12.9. The molecule has 1 heterocycles. The maximum Gasteiger partial charge on any atom is 0.263 e. The summed E-state index contributed by atoms with van der Waals surface area (Å²) in [6, 6.07) is 18.6. The maximum absolute atomic E-state index is 12.9. The summed E-state index contributed by atoms with van der Waals surface area (Å²) in [4.78, 5) is 32.2. The van der Waals surface area contributed by atoms with Crippen molar-refractivity contribution in [3.8, 4) is 0 Å². The lowest BCUT2D eigenvalue weighted by molar-refractivity contribution is 0.0937. The van der Waals surface area contributed by atoms with Crippen LogP contribution >= 0.6 is 0 Å². The Morgan fingerprint density at radius 2 is 1.71 bits per heavy atom. The molecule has 34 heavy (non-hydrogen) atoms. The van der Waals surface area contributed by atoms with Crippen LogP contribution in [-0.4, -0.2) is 15.9 Å². The van der Waals surface area contributed by atoms with Gasteiger partial charge in [-0.05, 0) is 16.7 Å². The van der Waals surface area contributed by atoms with E-state index in [1.54, 1.807) is 18.2 Å². The van der Waals surface area contributed by atoms with Gasteiger partial charge in [0.05, 0.1) is 12.6 Å². The molecule has 0 saturated carbocycles. The molecule has 1 aromatic heterocycles. The molecule has 3 rings (SSSR count). The number of benzene rings is 2. The number of carbonyl (C=O) groups is 1. The molecule has 1 unspecified atom stereocenters. The molecule has 176 valence electrons. The summed E-state index contributed by atoms with van der Waals surface area (Å²) < 4.78 is 5.60. The summed E-state index contributed by atoms with van der Waals surface area (Å²) in [5.74, 6) is -0.193. The number of hydrogen-bond donors (Lipinski definition) is 2. The SMILES string of the molecule is C=C/C=C(\C=C)C(NC(=O)c1cnc(COCc2ccccc2)[nH]c1=O)c1ccccc1.CC. The van der Waals surface area contributed by atoms with Gasteiger partial charge in [0, 0.05) is 6.20 Å². The van der Waals surface area contributed by atoms with Crippen LogP contribution < -0.4 is 10.9 Å². The van der Waals surface area contributed by atoms with Crippen LogP contribution in [0.2, 0.25) is 0 Å². The molecule has 1 amide bonds. The van der Waals surface area contributed by atoms with Gasteiger partial charge < -0.3 is 15.0 Å². The summed E-state index contributed by atoms with van der Waals surface area (Å²) in [6.45, 7) is 12.1. The van der Waals surface area contributed by atoms with E-state index in [2.05, 4.69) is 28.4 Å². The van der Waals surface area contributed by atoms with Gasteiger partial charge in [-0.15, -0.1) is 0 Å². The second-order valence-corrected chi connectivity index (χ2v) is 6.97. The summed E-state index contributed by atoms with van der Waals surface area (Å²) in [7, 11) is 0. The van der Waals surface area contributed by atoms with Gasteiger partial charge in [-0.3, -0.25) is 9.59 Å². The minimum Gasteiger partial charge on any atom is -0.369 e. The molecule has 1 atom stereocenters. The number of allylic oxidation sites excluding steroid dienone is 2. The van der Waals surface area contributed by atoms with E-state index in [1.165, 1.54) is 6.20 Å². The van der Waals surface area contributed by atoms with Crippen LogP contribution in [0.3, 0.4) is 0 Å². The molecular weight excluding hydrogens is 426 g/mol. The van der Waals surface area contributed by atoms with Gasteiger partial charge >= 0.3 is 0 Å². The minimum absolute atomic E-state index is 0.0836. The second kappa shape index (κ2) is 14.2. The number of nitrogens with zero attached hydrogens (tertiary/aromatic N) is 1. The van der Waals surface area contributed by atoms with Crippen molar-refractivity contribution in [2.75, 3.05) is 0 Å². The minimum atomic E-state index is -0.541. The Morgan fingerprint density at radius 1 is 1.06 bits per heavy atom. The van der Waals surface area contributed by atoms with Crippen molar-refractivity contribution >= 4 is 5.91 Å². The number of amides is 1.